The van der Waals surface area contributed by atoms with Gasteiger partial charge in [-0.25, -0.2) is 0 Å². The van der Waals surface area contributed by atoms with Crippen LogP contribution in [0.15, 0.2) is 34.9 Å². The molecule has 0 aromatic rings. The third-order valence-corrected chi connectivity index (χ3v) is 5.09. The fourth-order valence-electron chi connectivity index (χ4n) is 3.79. The first-order valence-electron chi connectivity index (χ1n) is 8.93. The van der Waals surface area contributed by atoms with Crippen molar-refractivity contribution in [1.29, 1.82) is 0 Å². The van der Waals surface area contributed by atoms with Gasteiger partial charge in [0.2, 0.25) is 0 Å². The van der Waals surface area contributed by atoms with Crippen molar-refractivity contribution in [2.24, 2.45) is 5.41 Å². The number of carboxylic acid groups (broad SMARTS) is 1. The molecule has 0 amide bonds. The summed E-state index contributed by atoms with van der Waals surface area (Å²) in [7, 11) is 0. The lowest BCUT2D eigenvalue weighted by Crippen LogP contribution is -2.37. The van der Waals surface area contributed by atoms with Crippen LogP contribution in [0.3, 0.4) is 0 Å². The van der Waals surface area contributed by atoms with Gasteiger partial charge in [0.05, 0.1) is 0 Å². The molecule has 2 rings (SSSR count). The summed E-state index contributed by atoms with van der Waals surface area (Å²) in [6.07, 6.45) is 16.4. The molecular weight excluding hydrogens is 288 g/mol. The maximum Gasteiger partial charge on any atom is 0.326 e. The van der Waals surface area contributed by atoms with Crippen LogP contribution in [0.2, 0.25) is 0 Å². The molecule has 1 N–H and O–H groups in total. The van der Waals surface area contributed by atoms with E-state index in [2.05, 4.69) is 6.92 Å². The van der Waals surface area contributed by atoms with Gasteiger partial charge in [0.1, 0.15) is 0 Å². The minimum Gasteiger partial charge on any atom is -0.480 e. The molecule has 0 aliphatic heterocycles. The molecule has 0 aromatic carbocycles. The first-order chi connectivity index (χ1) is 11.0. The SMILES string of the molecule is CCCCCCCCCCC1=C2C=CC(=C1)C2(C(C)=O)C(=O)O. The van der Waals surface area contributed by atoms with Crippen molar-refractivity contribution in [3.05, 3.63) is 34.9 Å². The van der Waals surface area contributed by atoms with E-state index in [0.29, 0.717) is 11.1 Å². The minimum atomic E-state index is -1.41. The van der Waals surface area contributed by atoms with Crippen LogP contribution < -0.4 is 0 Å². The molecule has 0 saturated heterocycles. The summed E-state index contributed by atoms with van der Waals surface area (Å²) in [6, 6.07) is 0. The third-order valence-electron chi connectivity index (χ3n) is 5.09. The van der Waals surface area contributed by atoms with Crippen LogP contribution in [-0.2, 0) is 9.59 Å². The Kier molecular flexibility index (Phi) is 5.97. The summed E-state index contributed by atoms with van der Waals surface area (Å²) in [5.74, 6) is -1.33. The maximum absolute atomic E-state index is 12.0. The number of ketones is 1. The average molecular weight is 316 g/mol. The van der Waals surface area contributed by atoms with E-state index in [1.807, 2.05) is 12.2 Å². The van der Waals surface area contributed by atoms with Crippen molar-refractivity contribution >= 4 is 11.8 Å². The van der Waals surface area contributed by atoms with E-state index in [9.17, 15) is 14.7 Å². The lowest BCUT2D eigenvalue weighted by molar-refractivity contribution is -0.148. The van der Waals surface area contributed by atoms with Gasteiger partial charge < -0.3 is 5.11 Å². The predicted molar refractivity (Wildman–Crippen MR) is 92.2 cm³/mol. The number of fused-ring (bicyclic) bond motifs is 2. The topological polar surface area (TPSA) is 54.4 Å². The minimum absolute atomic E-state index is 0.290. The molecular formula is C20H28O3. The van der Waals surface area contributed by atoms with E-state index in [4.69, 9.17) is 0 Å². The molecule has 126 valence electrons. The summed E-state index contributed by atoms with van der Waals surface area (Å²) in [5, 5.41) is 9.61. The second-order valence-electron chi connectivity index (χ2n) is 6.71. The molecule has 1 atom stereocenters. The fraction of sp³-hybridized carbons (Fsp3) is 0.600. The molecule has 2 bridgehead atoms. The molecule has 0 heterocycles. The number of carboxylic acids is 1. The number of carbonyl (C=O) groups is 2. The second-order valence-corrected chi connectivity index (χ2v) is 6.71. The fourth-order valence-corrected chi connectivity index (χ4v) is 3.79. The molecule has 2 aliphatic rings. The smallest absolute Gasteiger partial charge is 0.326 e. The summed E-state index contributed by atoms with van der Waals surface area (Å²) in [4.78, 5) is 23.8. The Labute approximate surface area is 139 Å². The molecule has 0 fully saturated rings. The van der Waals surface area contributed by atoms with Gasteiger partial charge in [0, 0.05) is 0 Å². The van der Waals surface area contributed by atoms with Crippen molar-refractivity contribution in [3.8, 4) is 0 Å². The first kappa shape index (κ1) is 17.7. The Morgan fingerprint density at radius 2 is 1.61 bits per heavy atom. The zero-order valence-corrected chi connectivity index (χ0v) is 14.4. The molecule has 3 nitrogen and oxygen atoms in total. The zero-order chi connectivity index (χ0) is 16.9. The van der Waals surface area contributed by atoms with Gasteiger partial charge in [-0.1, -0.05) is 70.1 Å². The largest absolute Gasteiger partial charge is 0.480 e. The van der Waals surface area contributed by atoms with Crippen LogP contribution >= 0.6 is 0 Å². The highest BCUT2D eigenvalue weighted by molar-refractivity contribution is 6.12. The van der Waals surface area contributed by atoms with Crippen LogP contribution in [0.4, 0.5) is 0 Å². The van der Waals surface area contributed by atoms with Crippen LogP contribution in [0, 0.1) is 5.41 Å². The molecule has 0 radical (unpaired) electrons. The van der Waals surface area contributed by atoms with Crippen molar-refractivity contribution in [1.82, 2.24) is 0 Å². The number of hydrogen-bond acceptors (Lipinski definition) is 2. The van der Waals surface area contributed by atoms with Gasteiger partial charge in [-0.05, 0) is 36.5 Å². The number of aliphatic carboxylic acids is 1. The number of unbranched alkanes of at least 4 members (excludes halogenated alkanes) is 7. The Hall–Kier alpha value is -1.64. The van der Waals surface area contributed by atoms with Gasteiger partial charge in [-0.3, -0.25) is 9.59 Å². The Morgan fingerprint density at radius 3 is 2.13 bits per heavy atom. The molecule has 0 spiro atoms. The molecule has 0 aromatic heterocycles. The highest BCUT2D eigenvalue weighted by Gasteiger charge is 2.54. The summed E-state index contributed by atoms with van der Waals surface area (Å²) < 4.78 is 0. The van der Waals surface area contributed by atoms with Crippen LogP contribution in [0.1, 0.15) is 71.6 Å². The number of carbonyl (C=O) groups excluding carboxylic acids is 1. The Morgan fingerprint density at radius 1 is 1.00 bits per heavy atom. The van der Waals surface area contributed by atoms with Crippen LogP contribution in [0.25, 0.3) is 0 Å². The Balaban J connectivity index is 1.85. The molecule has 0 saturated carbocycles. The molecule has 23 heavy (non-hydrogen) atoms. The zero-order valence-electron chi connectivity index (χ0n) is 14.4. The summed E-state index contributed by atoms with van der Waals surface area (Å²) in [6.45, 7) is 3.61. The lowest BCUT2D eigenvalue weighted by Gasteiger charge is -2.21. The van der Waals surface area contributed by atoms with E-state index in [1.54, 1.807) is 6.08 Å². The molecule has 3 heteroatoms. The molecule has 2 aliphatic carbocycles. The van der Waals surface area contributed by atoms with Crippen LogP contribution in [0.5, 0.6) is 0 Å². The number of hydrogen-bond donors (Lipinski definition) is 1. The highest BCUT2D eigenvalue weighted by atomic mass is 16.4. The third kappa shape index (κ3) is 3.34. The average Bonchev–Trinajstić information content (AvgIpc) is 3.03. The standard InChI is InChI=1S/C20H28O3/c1-3-4-5-6-7-8-9-10-11-16-14-17-12-13-18(16)20(17,15(2)21)19(22)23/h12-14H,3-11H2,1-2H3,(H,22,23). The van der Waals surface area contributed by atoms with E-state index in [1.165, 1.54) is 51.9 Å². The maximum atomic E-state index is 12.0. The first-order valence-corrected chi connectivity index (χ1v) is 8.93. The van der Waals surface area contributed by atoms with Crippen molar-refractivity contribution in [3.63, 3.8) is 0 Å². The lowest BCUT2D eigenvalue weighted by atomic mass is 9.77. The number of Topliss-reactive ketones (excluding diaryl/α,β-unsaturated/α-hetero) is 1. The normalized spacial score (nSPS) is 21.9. The van der Waals surface area contributed by atoms with Crippen molar-refractivity contribution in [2.45, 2.75) is 71.6 Å². The van der Waals surface area contributed by atoms with Gasteiger partial charge >= 0.3 is 5.97 Å². The van der Waals surface area contributed by atoms with Gasteiger partial charge in [-0.2, -0.15) is 0 Å². The van der Waals surface area contributed by atoms with Gasteiger partial charge in [0.25, 0.3) is 0 Å². The van der Waals surface area contributed by atoms with Crippen molar-refractivity contribution < 1.29 is 14.7 Å². The Bertz CT molecular complexity index is 549. The van der Waals surface area contributed by atoms with Gasteiger partial charge in [0.15, 0.2) is 11.2 Å². The van der Waals surface area contributed by atoms with Crippen LogP contribution in [-0.4, -0.2) is 16.9 Å². The van der Waals surface area contributed by atoms with E-state index >= 15 is 0 Å². The summed E-state index contributed by atoms with van der Waals surface area (Å²) in [5.41, 5.74) is 0.985. The van der Waals surface area contributed by atoms with E-state index < -0.39 is 11.4 Å². The second kappa shape index (κ2) is 7.76. The summed E-state index contributed by atoms with van der Waals surface area (Å²) >= 11 is 0. The monoisotopic (exact) mass is 316 g/mol. The highest BCUT2D eigenvalue weighted by Crippen LogP contribution is 2.51. The van der Waals surface area contributed by atoms with Gasteiger partial charge in [-0.15, -0.1) is 0 Å². The number of rotatable bonds is 11. The quantitative estimate of drug-likeness (QED) is 0.432. The van der Waals surface area contributed by atoms with E-state index in [-0.39, 0.29) is 5.78 Å². The predicted octanol–water partition coefficient (Wildman–Crippen LogP) is 4.98. The van der Waals surface area contributed by atoms with E-state index in [0.717, 1.165) is 18.4 Å². The molecule has 1 unspecified atom stereocenters. The number of allylic oxidation sites excluding steroid dienone is 4. The van der Waals surface area contributed by atoms with Crippen molar-refractivity contribution in [2.75, 3.05) is 0 Å².